The summed E-state index contributed by atoms with van der Waals surface area (Å²) in [6, 6.07) is 5.12. The number of amides is 2. The zero-order chi connectivity index (χ0) is 15.0. The van der Waals surface area contributed by atoms with E-state index in [2.05, 4.69) is 21.2 Å². The molecule has 3 N–H and O–H groups in total. The van der Waals surface area contributed by atoms with Gasteiger partial charge in [0.25, 0.3) is 5.91 Å². The van der Waals surface area contributed by atoms with Gasteiger partial charge in [-0.3, -0.25) is 9.59 Å². The van der Waals surface area contributed by atoms with E-state index >= 15 is 0 Å². The van der Waals surface area contributed by atoms with Crippen molar-refractivity contribution in [3.63, 3.8) is 0 Å². The van der Waals surface area contributed by atoms with Crippen molar-refractivity contribution in [2.24, 2.45) is 0 Å². The monoisotopic (exact) mass is 351 g/mol. The number of nitrogens with one attached hydrogen (secondary N) is 1. The van der Waals surface area contributed by atoms with Crippen molar-refractivity contribution >= 4 is 33.4 Å². The zero-order valence-electron chi connectivity index (χ0n) is 11.6. The van der Waals surface area contributed by atoms with Gasteiger partial charge in [0.05, 0.1) is 0 Å². The summed E-state index contributed by atoms with van der Waals surface area (Å²) in [5.41, 5.74) is 6.89. The molecule has 1 heterocycles. The third kappa shape index (κ3) is 3.05. The van der Waals surface area contributed by atoms with Crippen LogP contribution >= 0.6 is 15.9 Å². The quantitative estimate of drug-likeness (QED) is 0.816. The van der Waals surface area contributed by atoms with Gasteiger partial charge in [-0.2, -0.15) is 0 Å². The molecule has 2 amide bonds. The van der Waals surface area contributed by atoms with E-state index in [1.165, 1.54) is 0 Å². The van der Waals surface area contributed by atoms with Crippen molar-refractivity contribution < 1.29 is 9.59 Å². The van der Waals surface area contributed by atoms with Crippen molar-refractivity contribution in [1.82, 2.24) is 10.2 Å². The van der Waals surface area contributed by atoms with Gasteiger partial charge in [-0.05, 0) is 59.8 Å². The molecular formula is C15H18BrN3O2. The lowest BCUT2D eigenvalue weighted by Gasteiger charge is -2.24. The van der Waals surface area contributed by atoms with E-state index in [4.69, 9.17) is 5.73 Å². The molecule has 1 saturated heterocycles. The highest BCUT2D eigenvalue weighted by molar-refractivity contribution is 9.10. The highest BCUT2D eigenvalue weighted by Crippen LogP contribution is 2.26. The summed E-state index contributed by atoms with van der Waals surface area (Å²) < 4.78 is 0.767. The van der Waals surface area contributed by atoms with Crippen LogP contribution in [0.15, 0.2) is 22.7 Å². The molecule has 0 spiro atoms. The Kier molecular flexibility index (Phi) is 3.89. The number of anilines is 1. The molecule has 0 aromatic heterocycles. The Morgan fingerprint density at radius 2 is 2.05 bits per heavy atom. The zero-order valence-corrected chi connectivity index (χ0v) is 13.2. The molecule has 1 aromatic carbocycles. The van der Waals surface area contributed by atoms with Gasteiger partial charge in [0.1, 0.15) is 6.04 Å². The van der Waals surface area contributed by atoms with Gasteiger partial charge in [-0.1, -0.05) is 0 Å². The van der Waals surface area contributed by atoms with Crippen LogP contribution in [0.3, 0.4) is 0 Å². The lowest BCUT2D eigenvalue weighted by molar-refractivity contribution is -0.125. The fraction of sp³-hybridized carbons (Fsp3) is 0.467. The molecule has 0 radical (unpaired) electrons. The third-order valence-corrected chi connectivity index (χ3v) is 4.71. The van der Waals surface area contributed by atoms with Crippen LogP contribution in [0, 0.1) is 0 Å². The van der Waals surface area contributed by atoms with Gasteiger partial charge >= 0.3 is 0 Å². The molecule has 1 atom stereocenters. The fourth-order valence-electron chi connectivity index (χ4n) is 2.65. The highest BCUT2D eigenvalue weighted by atomic mass is 79.9. The number of rotatable bonds is 3. The van der Waals surface area contributed by atoms with Crippen molar-refractivity contribution in [1.29, 1.82) is 0 Å². The predicted octanol–water partition coefficient (Wildman–Crippen LogP) is 1.91. The van der Waals surface area contributed by atoms with E-state index in [-0.39, 0.29) is 17.9 Å². The first-order valence-electron chi connectivity index (χ1n) is 7.22. The Morgan fingerprint density at radius 3 is 2.71 bits per heavy atom. The maximum Gasteiger partial charge on any atom is 0.254 e. The number of halogens is 1. The standard InChI is InChI=1S/C15H18BrN3O2/c16-11-6-3-9(8-12(11)17)15(21)19-7-1-2-13(19)14(20)18-10-4-5-10/h3,6,8,10,13H,1-2,4-5,7,17H2,(H,18,20). The second-order valence-electron chi connectivity index (χ2n) is 5.68. The molecule has 0 bridgehead atoms. The molecule has 1 aromatic rings. The van der Waals surface area contributed by atoms with Crippen LogP contribution in [0.5, 0.6) is 0 Å². The van der Waals surface area contributed by atoms with Gasteiger partial charge in [0.2, 0.25) is 5.91 Å². The summed E-state index contributed by atoms with van der Waals surface area (Å²) >= 11 is 3.32. The van der Waals surface area contributed by atoms with Crippen LogP contribution in [0.25, 0.3) is 0 Å². The molecular weight excluding hydrogens is 334 g/mol. The minimum absolute atomic E-state index is 0.0200. The number of carbonyl (C=O) groups excluding carboxylic acids is 2. The van der Waals surface area contributed by atoms with Crippen molar-refractivity contribution in [2.75, 3.05) is 12.3 Å². The van der Waals surface area contributed by atoms with Gasteiger partial charge in [0, 0.05) is 28.3 Å². The molecule has 1 aliphatic heterocycles. The summed E-state index contributed by atoms with van der Waals surface area (Å²) in [4.78, 5) is 26.5. The Hall–Kier alpha value is -1.56. The summed E-state index contributed by atoms with van der Waals surface area (Å²) in [6.45, 7) is 0.623. The number of benzene rings is 1. The fourth-order valence-corrected chi connectivity index (χ4v) is 2.90. The van der Waals surface area contributed by atoms with Crippen LogP contribution < -0.4 is 11.1 Å². The minimum atomic E-state index is -0.344. The van der Waals surface area contributed by atoms with Crippen molar-refractivity contribution in [3.05, 3.63) is 28.2 Å². The number of nitrogen functional groups attached to an aromatic ring is 1. The lowest BCUT2D eigenvalue weighted by Crippen LogP contribution is -2.46. The Morgan fingerprint density at radius 1 is 1.29 bits per heavy atom. The largest absolute Gasteiger partial charge is 0.398 e. The first-order valence-corrected chi connectivity index (χ1v) is 8.02. The van der Waals surface area contributed by atoms with E-state index in [1.807, 2.05) is 0 Å². The second-order valence-corrected chi connectivity index (χ2v) is 6.53. The highest BCUT2D eigenvalue weighted by Gasteiger charge is 2.36. The first kappa shape index (κ1) is 14.4. The number of carbonyl (C=O) groups is 2. The van der Waals surface area contributed by atoms with Gasteiger partial charge in [-0.25, -0.2) is 0 Å². The van der Waals surface area contributed by atoms with E-state index in [0.29, 0.717) is 23.8 Å². The number of likely N-dealkylation sites (tertiary alicyclic amines) is 1. The number of hydrogen-bond acceptors (Lipinski definition) is 3. The molecule has 1 aliphatic carbocycles. The maximum absolute atomic E-state index is 12.6. The van der Waals surface area contributed by atoms with E-state index < -0.39 is 0 Å². The maximum atomic E-state index is 12.6. The average Bonchev–Trinajstić information content (AvgIpc) is 3.14. The van der Waals surface area contributed by atoms with Gasteiger partial charge in [-0.15, -0.1) is 0 Å². The molecule has 2 fully saturated rings. The summed E-state index contributed by atoms with van der Waals surface area (Å²) in [5.74, 6) is -0.143. The van der Waals surface area contributed by atoms with Crippen molar-refractivity contribution in [2.45, 2.75) is 37.8 Å². The summed E-state index contributed by atoms with van der Waals surface area (Å²) in [6.07, 6.45) is 3.70. The Bertz CT molecular complexity index is 586. The SMILES string of the molecule is Nc1cc(C(=O)N2CCCC2C(=O)NC2CC2)ccc1Br. The number of hydrogen-bond donors (Lipinski definition) is 2. The lowest BCUT2D eigenvalue weighted by atomic mass is 10.1. The van der Waals surface area contributed by atoms with E-state index in [1.54, 1.807) is 23.1 Å². The Labute approximate surface area is 132 Å². The molecule has 6 heteroatoms. The third-order valence-electron chi connectivity index (χ3n) is 3.98. The molecule has 2 aliphatic rings. The summed E-state index contributed by atoms with van der Waals surface area (Å²) in [5, 5.41) is 2.99. The second kappa shape index (κ2) is 5.67. The first-order chi connectivity index (χ1) is 10.1. The van der Waals surface area contributed by atoms with Gasteiger partial charge < -0.3 is 16.0 Å². The normalized spacial score (nSPS) is 21.4. The topological polar surface area (TPSA) is 75.4 Å². The smallest absolute Gasteiger partial charge is 0.254 e. The van der Waals surface area contributed by atoms with Crippen LogP contribution in [-0.4, -0.2) is 35.3 Å². The van der Waals surface area contributed by atoms with Crippen LogP contribution in [0.2, 0.25) is 0 Å². The molecule has 5 nitrogen and oxygen atoms in total. The molecule has 112 valence electrons. The predicted molar refractivity (Wildman–Crippen MR) is 83.8 cm³/mol. The van der Waals surface area contributed by atoms with Crippen LogP contribution in [0.4, 0.5) is 5.69 Å². The van der Waals surface area contributed by atoms with E-state index in [9.17, 15) is 9.59 Å². The number of nitrogens with zero attached hydrogens (tertiary/aromatic N) is 1. The average molecular weight is 352 g/mol. The minimum Gasteiger partial charge on any atom is -0.398 e. The van der Waals surface area contributed by atoms with E-state index in [0.717, 1.165) is 30.2 Å². The number of nitrogens with two attached hydrogens (primary N) is 1. The molecule has 21 heavy (non-hydrogen) atoms. The molecule has 3 rings (SSSR count). The molecule has 1 saturated carbocycles. The summed E-state index contributed by atoms with van der Waals surface area (Å²) in [7, 11) is 0. The van der Waals surface area contributed by atoms with Gasteiger partial charge in [0.15, 0.2) is 0 Å². The van der Waals surface area contributed by atoms with Crippen molar-refractivity contribution in [3.8, 4) is 0 Å². The van der Waals surface area contributed by atoms with Crippen LogP contribution in [0.1, 0.15) is 36.0 Å². The molecule has 1 unspecified atom stereocenters. The Balaban J connectivity index is 1.75. The van der Waals surface area contributed by atoms with Crippen LogP contribution in [-0.2, 0) is 4.79 Å².